The summed E-state index contributed by atoms with van der Waals surface area (Å²) in [7, 11) is 0. The van der Waals surface area contributed by atoms with Crippen molar-refractivity contribution in [2.45, 2.75) is 44.9 Å². The predicted molar refractivity (Wildman–Crippen MR) is 65.0 cm³/mol. The first-order valence-electron chi connectivity index (χ1n) is 6.86. The average molecular weight is 210 g/mol. The Kier molecular flexibility index (Phi) is 4.94. The Balaban J connectivity index is 1.47. The smallest absolute Gasteiger partial charge is 0.000837 e. The van der Waals surface area contributed by atoms with Gasteiger partial charge in [0, 0.05) is 0 Å². The van der Waals surface area contributed by atoms with Crippen LogP contribution in [0.2, 0.25) is 0 Å². The molecule has 2 heteroatoms. The van der Waals surface area contributed by atoms with Gasteiger partial charge in [0.2, 0.25) is 0 Å². The first kappa shape index (κ1) is 11.4. The third-order valence-electron chi connectivity index (χ3n) is 4.04. The molecule has 2 N–H and O–H groups in total. The summed E-state index contributed by atoms with van der Waals surface area (Å²) in [5.74, 6) is 1.93. The predicted octanol–water partition coefficient (Wildman–Crippen LogP) is 2.16. The summed E-state index contributed by atoms with van der Waals surface area (Å²) < 4.78 is 0. The highest BCUT2D eigenvalue weighted by Crippen LogP contribution is 2.26. The van der Waals surface area contributed by atoms with Crippen molar-refractivity contribution >= 4 is 0 Å². The van der Waals surface area contributed by atoms with Gasteiger partial charge in [-0.15, -0.1) is 0 Å². The summed E-state index contributed by atoms with van der Waals surface area (Å²) in [6.07, 6.45) is 10.2. The second kappa shape index (κ2) is 6.49. The van der Waals surface area contributed by atoms with Crippen LogP contribution in [0.1, 0.15) is 44.9 Å². The quantitative estimate of drug-likeness (QED) is 0.680. The van der Waals surface area contributed by atoms with Crippen LogP contribution in [0.15, 0.2) is 0 Å². The topological polar surface area (TPSA) is 24.1 Å². The maximum absolute atomic E-state index is 3.64. The van der Waals surface area contributed by atoms with Gasteiger partial charge in [-0.25, -0.2) is 0 Å². The lowest BCUT2D eigenvalue weighted by molar-refractivity contribution is 0.353. The van der Waals surface area contributed by atoms with E-state index in [0.29, 0.717) is 0 Å². The third-order valence-corrected chi connectivity index (χ3v) is 4.04. The summed E-state index contributed by atoms with van der Waals surface area (Å²) in [6, 6.07) is 0. The van der Waals surface area contributed by atoms with Crippen LogP contribution in [-0.2, 0) is 0 Å². The SMILES string of the molecule is C1CCC(CCNCC2CCCNC2)C1. The van der Waals surface area contributed by atoms with E-state index in [1.54, 1.807) is 0 Å². The summed E-state index contributed by atoms with van der Waals surface area (Å²) >= 11 is 0. The van der Waals surface area contributed by atoms with E-state index in [-0.39, 0.29) is 0 Å². The molecule has 1 aliphatic heterocycles. The number of hydrogen-bond donors (Lipinski definition) is 2. The van der Waals surface area contributed by atoms with E-state index in [0.717, 1.165) is 11.8 Å². The molecule has 88 valence electrons. The Bertz CT molecular complexity index is 158. The molecule has 0 aromatic carbocycles. The highest BCUT2D eigenvalue weighted by atomic mass is 14.9. The second-order valence-corrected chi connectivity index (χ2v) is 5.36. The lowest BCUT2D eigenvalue weighted by Gasteiger charge is -2.23. The van der Waals surface area contributed by atoms with Crippen molar-refractivity contribution in [2.24, 2.45) is 11.8 Å². The molecule has 2 fully saturated rings. The maximum atomic E-state index is 3.64. The molecule has 1 saturated heterocycles. The van der Waals surface area contributed by atoms with Gasteiger partial charge in [-0.05, 0) is 57.3 Å². The minimum atomic E-state index is 0.891. The zero-order chi connectivity index (χ0) is 10.3. The summed E-state index contributed by atoms with van der Waals surface area (Å²) in [5, 5.41) is 7.12. The van der Waals surface area contributed by atoms with E-state index in [1.807, 2.05) is 0 Å². The number of rotatable bonds is 5. The van der Waals surface area contributed by atoms with Crippen LogP contribution in [0.5, 0.6) is 0 Å². The first-order chi connectivity index (χ1) is 7.45. The van der Waals surface area contributed by atoms with Crippen molar-refractivity contribution in [3.8, 4) is 0 Å². The van der Waals surface area contributed by atoms with Crippen LogP contribution in [0.4, 0.5) is 0 Å². The highest BCUT2D eigenvalue weighted by molar-refractivity contribution is 4.72. The minimum absolute atomic E-state index is 0.891. The van der Waals surface area contributed by atoms with Crippen LogP contribution < -0.4 is 10.6 Å². The van der Waals surface area contributed by atoms with Crippen molar-refractivity contribution in [2.75, 3.05) is 26.2 Å². The number of hydrogen-bond acceptors (Lipinski definition) is 2. The maximum Gasteiger partial charge on any atom is -0.000837 e. The van der Waals surface area contributed by atoms with Crippen LogP contribution in [0.3, 0.4) is 0 Å². The van der Waals surface area contributed by atoms with E-state index < -0.39 is 0 Å². The van der Waals surface area contributed by atoms with Gasteiger partial charge in [-0.3, -0.25) is 0 Å². The van der Waals surface area contributed by atoms with Gasteiger partial charge in [-0.2, -0.15) is 0 Å². The van der Waals surface area contributed by atoms with Gasteiger partial charge in [0.05, 0.1) is 0 Å². The molecule has 2 rings (SSSR count). The van der Waals surface area contributed by atoms with Crippen molar-refractivity contribution in [3.63, 3.8) is 0 Å². The third kappa shape index (κ3) is 4.12. The van der Waals surface area contributed by atoms with E-state index in [2.05, 4.69) is 10.6 Å². The molecule has 1 heterocycles. The molecule has 1 aliphatic carbocycles. The molecule has 0 amide bonds. The zero-order valence-corrected chi connectivity index (χ0v) is 9.93. The minimum Gasteiger partial charge on any atom is -0.316 e. The molecule has 2 aliphatic rings. The molecule has 0 bridgehead atoms. The molecule has 1 atom stereocenters. The van der Waals surface area contributed by atoms with Gasteiger partial charge in [0.15, 0.2) is 0 Å². The van der Waals surface area contributed by atoms with Crippen LogP contribution in [-0.4, -0.2) is 26.2 Å². The summed E-state index contributed by atoms with van der Waals surface area (Å²) in [5.41, 5.74) is 0. The lowest BCUT2D eigenvalue weighted by atomic mass is 9.99. The monoisotopic (exact) mass is 210 g/mol. The van der Waals surface area contributed by atoms with Crippen molar-refractivity contribution in [1.82, 2.24) is 10.6 Å². The van der Waals surface area contributed by atoms with Gasteiger partial charge in [-0.1, -0.05) is 25.7 Å². The number of piperidine rings is 1. The Morgan fingerprint density at radius 1 is 1.00 bits per heavy atom. The van der Waals surface area contributed by atoms with Crippen molar-refractivity contribution < 1.29 is 0 Å². The molecule has 0 aromatic heterocycles. The average Bonchev–Trinajstić information content (AvgIpc) is 2.79. The Hall–Kier alpha value is -0.0800. The standard InChI is InChI=1S/C13H26N2/c1-2-5-12(4-1)7-9-15-11-13-6-3-8-14-10-13/h12-15H,1-11H2. The summed E-state index contributed by atoms with van der Waals surface area (Å²) in [6.45, 7) is 4.95. The molecule has 1 saturated carbocycles. The van der Waals surface area contributed by atoms with Crippen molar-refractivity contribution in [1.29, 1.82) is 0 Å². The van der Waals surface area contributed by atoms with Gasteiger partial charge in [0.25, 0.3) is 0 Å². The van der Waals surface area contributed by atoms with E-state index in [4.69, 9.17) is 0 Å². The molecular formula is C13H26N2. The first-order valence-corrected chi connectivity index (χ1v) is 6.86. The van der Waals surface area contributed by atoms with E-state index >= 15 is 0 Å². The van der Waals surface area contributed by atoms with Crippen molar-refractivity contribution in [3.05, 3.63) is 0 Å². The molecule has 1 unspecified atom stereocenters. The zero-order valence-electron chi connectivity index (χ0n) is 9.93. The largest absolute Gasteiger partial charge is 0.316 e. The normalized spacial score (nSPS) is 28.4. The fourth-order valence-electron chi connectivity index (χ4n) is 3.01. The fourth-order valence-corrected chi connectivity index (χ4v) is 3.01. The molecular weight excluding hydrogens is 184 g/mol. The van der Waals surface area contributed by atoms with E-state index in [9.17, 15) is 0 Å². The molecule has 0 radical (unpaired) electrons. The Labute approximate surface area is 94.2 Å². The lowest BCUT2D eigenvalue weighted by Crippen LogP contribution is -2.36. The van der Waals surface area contributed by atoms with Crippen LogP contribution >= 0.6 is 0 Å². The molecule has 15 heavy (non-hydrogen) atoms. The summed E-state index contributed by atoms with van der Waals surface area (Å²) in [4.78, 5) is 0. The number of nitrogens with one attached hydrogen (secondary N) is 2. The second-order valence-electron chi connectivity index (χ2n) is 5.36. The Morgan fingerprint density at radius 3 is 2.53 bits per heavy atom. The van der Waals surface area contributed by atoms with E-state index in [1.165, 1.54) is 71.1 Å². The van der Waals surface area contributed by atoms with Gasteiger partial charge < -0.3 is 10.6 Å². The molecule has 0 spiro atoms. The highest BCUT2D eigenvalue weighted by Gasteiger charge is 2.15. The Morgan fingerprint density at radius 2 is 1.80 bits per heavy atom. The van der Waals surface area contributed by atoms with Crippen LogP contribution in [0, 0.1) is 11.8 Å². The van der Waals surface area contributed by atoms with Crippen LogP contribution in [0.25, 0.3) is 0 Å². The van der Waals surface area contributed by atoms with Gasteiger partial charge >= 0.3 is 0 Å². The molecule has 0 aromatic rings. The fraction of sp³-hybridized carbons (Fsp3) is 1.00. The molecule has 2 nitrogen and oxygen atoms in total. The van der Waals surface area contributed by atoms with Gasteiger partial charge in [0.1, 0.15) is 0 Å².